The molecule has 24 heavy (non-hydrogen) atoms. The molecule has 2 aromatic rings. The fourth-order valence-corrected chi connectivity index (χ4v) is 3.36. The van der Waals surface area contributed by atoms with Crippen LogP contribution in [0.15, 0.2) is 60.7 Å². The first-order chi connectivity index (χ1) is 11.6. The molecule has 1 atom stereocenters. The zero-order chi connectivity index (χ0) is 17.3. The molecule has 1 nitrogen and oxygen atoms in total. The number of carbonyl (C=O) groups excluding carboxylic acids is 1. The van der Waals surface area contributed by atoms with Crippen molar-refractivity contribution >= 4 is 22.1 Å². The number of carbonyl (C=O) groups is 1. The highest BCUT2D eigenvalue weighted by atomic mass is 16.1. The van der Waals surface area contributed by atoms with Gasteiger partial charge in [-0.1, -0.05) is 75.4 Å². The summed E-state index contributed by atoms with van der Waals surface area (Å²) >= 11 is 0. The van der Waals surface area contributed by atoms with E-state index >= 15 is 0 Å². The minimum atomic E-state index is 0.134. The zero-order valence-electron chi connectivity index (χ0n) is 14.7. The molecule has 1 aliphatic rings. The van der Waals surface area contributed by atoms with E-state index in [4.69, 9.17) is 0 Å². The van der Waals surface area contributed by atoms with E-state index in [0.29, 0.717) is 5.92 Å². The van der Waals surface area contributed by atoms with E-state index in [1.165, 1.54) is 5.56 Å². The monoisotopic (exact) mass is 316 g/mol. The van der Waals surface area contributed by atoms with E-state index in [9.17, 15) is 4.79 Å². The first-order valence-electron chi connectivity index (χ1n) is 8.69. The molecule has 0 bridgehead atoms. The van der Waals surface area contributed by atoms with Gasteiger partial charge < -0.3 is 0 Å². The van der Waals surface area contributed by atoms with Crippen molar-refractivity contribution in [2.75, 3.05) is 0 Å². The van der Waals surface area contributed by atoms with E-state index in [-0.39, 0.29) is 5.78 Å². The van der Waals surface area contributed by atoms with Crippen LogP contribution in [0.4, 0.5) is 0 Å². The van der Waals surface area contributed by atoms with E-state index < -0.39 is 0 Å². The summed E-state index contributed by atoms with van der Waals surface area (Å²) in [5, 5.41) is 2.24. The Hall–Kier alpha value is -2.41. The highest BCUT2D eigenvalue weighted by Crippen LogP contribution is 2.40. The van der Waals surface area contributed by atoms with Gasteiger partial charge in [0, 0.05) is 16.5 Å². The Labute approximate surface area is 144 Å². The van der Waals surface area contributed by atoms with Crippen molar-refractivity contribution in [3.8, 4) is 0 Å². The van der Waals surface area contributed by atoms with Gasteiger partial charge in [0.1, 0.15) is 0 Å². The van der Waals surface area contributed by atoms with Crippen LogP contribution in [0.3, 0.4) is 0 Å². The third-order valence-corrected chi connectivity index (χ3v) is 5.03. The highest BCUT2D eigenvalue weighted by Gasteiger charge is 2.27. The summed E-state index contributed by atoms with van der Waals surface area (Å²) < 4.78 is 0. The fraction of sp³-hybridized carbons (Fsp3) is 0.261. The predicted octanol–water partition coefficient (Wildman–Crippen LogP) is 6.28. The van der Waals surface area contributed by atoms with Crippen molar-refractivity contribution in [2.45, 2.75) is 33.6 Å². The third-order valence-electron chi connectivity index (χ3n) is 5.03. The van der Waals surface area contributed by atoms with Gasteiger partial charge in [-0.3, -0.25) is 4.79 Å². The second-order valence-electron chi connectivity index (χ2n) is 6.67. The van der Waals surface area contributed by atoms with Gasteiger partial charge in [-0.05, 0) is 41.3 Å². The Kier molecular flexibility index (Phi) is 4.53. The topological polar surface area (TPSA) is 17.1 Å². The maximum atomic E-state index is 13.2. The second kappa shape index (κ2) is 6.60. The molecule has 0 aliphatic heterocycles. The molecular weight excluding hydrogens is 292 g/mol. The molecule has 0 spiro atoms. The summed E-state index contributed by atoms with van der Waals surface area (Å²) in [5.74, 6) is 0.709. The maximum absolute atomic E-state index is 13.2. The molecule has 0 saturated carbocycles. The van der Waals surface area contributed by atoms with Gasteiger partial charge in [0.05, 0.1) is 0 Å². The SMILES string of the molecule is C=C/C=C1\C(=C/CC(C)CC)C(=O)c2ccc(C)c3cccc1c23. The summed E-state index contributed by atoms with van der Waals surface area (Å²) in [7, 11) is 0. The molecule has 1 unspecified atom stereocenters. The molecule has 0 amide bonds. The number of Topliss-reactive ketones (excluding diaryl/α,β-unsaturated/α-hetero) is 1. The van der Waals surface area contributed by atoms with E-state index in [2.05, 4.69) is 51.6 Å². The zero-order valence-corrected chi connectivity index (χ0v) is 14.7. The van der Waals surface area contributed by atoms with Gasteiger partial charge in [-0.2, -0.15) is 0 Å². The van der Waals surface area contributed by atoms with Crippen LogP contribution in [-0.4, -0.2) is 5.78 Å². The Morgan fingerprint density at radius 1 is 1.12 bits per heavy atom. The van der Waals surface area contributed by atoms with Crippen molar-refractivity contribution < 1.29 is 4.79 Å². The number of aryl methyl sites for hydroxylation is 1. The van der Waals surface area contributed by atoms with E-state index in [1.807, 2.05) is 18.2 Å². The van der Waals surface area contributed by atoms with Gasteiger partial charge in [-0.25, -0.2) is 0 Å². The van der Waals surface area contributed by atoms with Crippen LogP contribution in [-0.2, 0) is 0 Å². The average Bonchev–Trinajstić information content (AvgIpc) is 2.60. The fourth-order valence-electron chi connectivity index (χ4n) is 3.36. The van der Waals surface area contributed by atoms with Crippen molar-refractivity contribution in [2.24, 2.45) is 5.92 Å². The normalized spacial score (nSPS) is 18.4. The number of benzene rings is 2. The lowest BCUT2D eigenvalue weighted by molar-refractivity contribution is 0.103. The number of allylic oxidation sites excluding steroid dienone is 5. The molecule has 0 heterocycles. The number of rotatable bonds is 4. The molecule has 3 rings (SSSR count). The molecular formula is C23H24O. The average molecular weight is 316 g/mol. The number of hydrogen-bond donors (Lipinski definition) is 0. The highest BCUT2D eigenvalue weighted by molar-refractivity contribution is 6.29. The lowest BCUT2D eigenvalue weighted by Crippen LogP contribution is -2.13. The first kappa shape index (κ1) is 16.4. The van der Waals surface area contributed by atoms with Gasteiger partial charge >= 0.3 is 0 Å². The van der Waals surface area contributed by atoms with Gasteiger partial charge in [0.2, 0.25) is 0 Å². The Morgan fingerprint density at radius 3 is 2.62 bits per heavy atom. The van der Waals surface area contributed by atoms with Crippen LogP contribution < -0.4 is 0 Å². The second-order valence-corrected chi connectivity index (χ2v) is 6.67. The van der Waals surface area contributed by atoms with Crippen LogP contribution in [0.5, 0.6) is 0 Å². The van der Waals surface area contributed by atoms with Crippen LogP contribution in [0.25, 0.3) is 16.3 Å². The molecule has 0 fully saturated rings. The molecule has 1 aliphatic carbocycles. The number of ketones is 1. The summed E-state index contributed by atoms with van der Waals surface area (Å²) in [6.45, 7) is 10.4. The summed E-state index contributed by atoms with van der Waals surface area (Å²) in [4.78, 5) is 13.2. The first-order valence-corrected chi connectivity index (χ1v) is 8.69. The van der Waals surface area contributed by atoms with Gasteiger partial charge in [-0.15, -0.1) is 0 Å². The molecule has 0 radical (unpaired) electrons. The standard InChI is InChI=1S/C23H24O/c1-5-8-18-19-10-7-9-17-16(4)12-14-21(22(17)19)23(24)20(18)13-11-15(3)6-2/h5,7-10,12-15H,1,6,11H2,2-4H3/b18-8-,20-13+. The molecule has 1 heteroatoms. The van der Waals surface area contributed by atoms with Crippen LogP contribution in [0.1, 0.15) is 48.2 Å². The van der Waals surface area contributed by atoms with Crippen LogP contribution in [0.2, 0.25) is 0 Å². The molecule has 0 aromatic heterocycles. The lowest BCUT2D eigenvalue weighted by Gasteiger charge is -2.23. The third kappa shape index (κ3) is 2.65. The minimum absolute atomic E-state index is 0.134. The summed E-state index contributed by atoms with van der Waals surface area (Å²) in [6, 6.07) is 10.3. The van der Waals surface area contributed by atoms with Gasteiger partial charge in [0.15, 0.2) is 5.78 Å². The quantitative estimate of drug-likeness (QED) is 0.607. The smallest absolute Gasteiger partial charge is 0.193 e. The van der Waals surface area contributed by atoms with E-state index in [0.717, 1.165) is 45.9 Å². The number of hydrogen-bond acceptors (Lipinski definition) is 1. The molecule has 122 valence electrons. The van der Waals surface area contributed by atoms with Crippen molar-refractivity contribution in [1.82, 2.24) is 0 Å². The van der Waals surface area contributed by atoms with Crippen LogP contribution >= 0.6 is 0 Å². The van der Waals surface area contributed by atoms with E-state index in [1.54, 1.807) is 6.08 Å². The Balaban J connectivity index is 2.28. The van der Waals surface area contributed by atoms with Crippen molar-refractivity contribution in [3.63, 3.8) is 0 Å². The summed E-state index contributed by atoms with van der Waals surface area (Å²) in [6.07, 6.45) is 7.90. The Bertz CT molecular complexity index is 880. The minimum Gasteiger partial charge on any atom is -0.289 e. The Morgan fingerprint density at radius 2 is 1.92 bits per heavy atom. The molecule has 0 saturated heterocycles. The van der Waals surface area contributed by atoms with Crippen molar-refractivity contribution in [1.29, 1.82) is 0 Å². The molecule has 0 N–H and O–H groups in total. The predicted molar refractivity (Wildman–Crippen MR) is 103 cm³/mol. The van der Waals surface area contributed by atoms with Gasteiger partial charge in [0.25, 0.3) is 0 Å². The maximum Gasteiger partial charge on any atom is 0.193 e. The largest absolute Gasteiger partial charge is 0.289 e. The van der Waals surface area contributed by atoms with Crippen molar-refractivity contribution in [3.05, 3.63) is 77.4 Å². The van der Waals surface area contributed by atoms with Crippen LogP contribution in [0, 0.1) is 12.8 Å². The molecule has 2 aromatic carbocycles. The summed E-state index contributed by atoms with van der Waals surface area (Å²) in [5.41, 5.74) is 4.98. The lowest BCUT2D eigenvalue weighted by atomic mass is 9.79.